The Morgan fingerprint density at radius 2 is 1.76 bits per heavy atom. The predicted molar refractivity (Wildman–Crippen MR) is 68.1 cm³/mol. The van der Waals surface area contributed by atoms with Gasteiger partial charge in [-0.25, -0.2) is 8.78 Å². The number of benzene rings is 1. The van der Waals surface area contributed by atoms with Gasteiger partial charge in [0.05, 0.1) is 6.42 Å². The fourth-order valence-electron chi connectivity index (χ4n) is 1.70. The van der Waals surface area contributed by atoms with Crippen molar-refractivity contribution in [1.29, 1.82) is 0 Å². The number of carboxylic acids is 1. The van der Waals surface area contributed by atoms with Crippen LogP contribution in [0.4, 0.5) is 8.78 Å². The van der Waals surface area contributed by atoms with Gasteiger partial charge in [0.15, 0.2) is 0 Å². The summed E-state index contributed by atoms with van der Waals surface area (Å²) >= 11 is 0. The summed E-state index contributed by atoms with van der Waals surface area (Å²) in [5, 5.41) is 10.8. The smallest absolute Gasteiger partial charge is 0.303 e. The zero-order chi connectivity index (χ0) is 16.0. The molecular weight excluding hydrogens is 286 g/mol. The van der Waals surface area contributed by atoms with Crippen LogP contribution in [0.1, 0.15) is 18.4 Å². The van der Waals surface area contributed by atoms with Crippen LogP contribution in [0.15, 0.2) is 18.2 Å². The third-order valence-electron chi connectivity index (χ3n) is 2.61. The quantitative estimate of drug-likeness (QED) is 0.674. The Morgan fingerprint density at radius 1 is 1.19 bits per heavy atom. The van der Waals surface area contributed by atoms with Crippen LogP contribution in [0.25, 0.3) is 0 Å². The van der Waals surface area contributed by atoms with E-state index in [1.54, 1.807) is 0 Å². The van der Waals surface area contributed by atoms with Gasteiger partial charge in [0, 0.05) is 12.5 Å². The topological polar surface area (TPSA) is 109 Å². The van der Waals surface area contributed by atoms with Crippen LogP contribution in [0.3, 0.4) is 0 Å². The van der Waals surface area contributed by atoms with Gasteiger partial charge in [-0.3, -0.25) is 14.4 Å². The van der Waals surface area contributed by atoms with Crippen LogP contribution < -0.4 is 11.1 Å². The van der Waals surface area contributed by atoms with E-state index < -0.39 is 35.5 Å². The first-order chi connectivity index (χ1) is 9.77. The molecule has 0 aliphatic heterocycles. The molecule has 0 aliphatic rings. The molecule has 1 rings (SSSR count). The number of hydrogen-bond acceptors (Lipinski definition) is 3. The minimum atomic E-state index is -1.15. The molecule has 0 bridgehead atoms. The molecule has 4 N–H and O–H groups in total. The lowest BCUT2D eigenvalue weighted by molar-refractivity contribution is -0.137. The van der Waals surface area contributed by atoms with Gasteiger partial charge in [-0.2, -0.15) is 0 Å². The van der Waals surface area contributed by atoms with E-state index in [0.29, 0.717) is 6.07 Å². The summed E-state index contributed by atoms with van der Waals surface area (Å²) in [5.41, 5.74) is 5.14. The molecule has 0 fully saturated rings. The van der Waals surface area contributed by atoms with E-state index in [0.717, 1.165) is 12.1 Å². The lowest BCUT2D eigenvalue weighted by atomic mass is 10.1. The Morgan fingerprint density at radius 3 is 2.24 bits per heavy atom. The molecule has 1 aromatic carbocycles. The van der Waals surface area contributed by atoms with Gasteiger partial charge >= 0.3 is 5.97 Å². The van der Waals surface area contributed by atoms with Crippen LogP contribution in [-0.2, 0) is 20.8 Å². The molecule has 0 saturated carbocycles. The molecule has 114 valence electrons. The number of nitrogens with one attached hydrogen (secondary N) is 1. The van der Waals surface area contributed by atoms with Crippen molar-refractivity contribution in [2.45, 2.75) is 25.3 Å². The van der Waals surface area contributed by atoms with Gasteiger partial charge in [0.1, 0.15) is 17.7 Å². The van der Waals surface area contributed by atoms with Gasteiger partial charge in [0.2, 0.25) is 11.8 Å². The largest absolute Gasteiger partial charge is 0.481 e. The second kappa shape index (κ2) is 7.32. The van der Waals surface area contributed by atoms with Crippen molar-refractivity contribution in [2.75, 3.05) is 0 Å². The van der Waals surface area contributed by atoms with Crippen LogP contribution in [0.2, 0.25) is 0 Å². The second-order valence-electron chi connectivity index (χ2n) is 4.41. The molecule has 0 radical (unpaired) electrons. The normalized spacial score (nSPS) is 11.7. The van der Waals surface area contributed by atoms with Crippen molar-refractivity contribution < 1.29 is 28.3 Å². The van der Waals surface area contributed by atoms with Gasteiger partial charge in [0.25, 0.3) is 0 Å². The highest BCUT2D eigenvalue weighted by atomic mass is 19.1. The molecular formula is C13H14F2N2O4. The summed E-state index contributed by atoms with van der Waals surface area (Å²) in [6, 6.07) is 1.49. The fourth-order valence-corrected chi connectivity index (χ4v) is 1.70. The molecule has 0 aliphatic carbocycles. The highest BCUT2D eigenvalue weighted by Gasteiger charge is 2.19. The van der Waals surface area contributed by atoms with Crippen LogP contribution in [0.5, 0.6) is 0 Å². The molecule has 6 nitrogen and oxygen atoms in total. The molecule has 21 heavy (non-hydrogen) atoms. The first-order valence-electron chi connectivity index (χ1n) is 6.03. The van der Waals surface area contributed by atoms with Crippen molar-refractivity contribution in [1.82, 2.24) is 5.32 Å². The first kappa shape index (κ1) is 16.5. The summed E-state index contributed by atoms with van der Waals surface area (Å²) in [6.45, 7) is 0. The number of hydrogen-bond donors (Lipinski definition) is 3. The Kier molecular flexibility index (Phi) is 5.77. The molecule has 1 aromatic rings. The SMILES string of the molecule is NC(=O)[C@@H](CCC(=O)O)NC(=O)Cc1cc(F)cc(F)c1. The Labute approximate surface area is 118 Å². The zero-order valence-corrected chi connectivity index (χ0v) is 10.9. The van der Waals surface area contributed by atoms with E-state index in [9.17, 15) is 23.2 Å². The number of carbonyl (C=O) groups excluding carboxylic acids is 2. The van der Waals surface area contributed by atoms with Crippen LogP contribution in [-0.4, -0.2) is 28.9 Å². The molecule has 8 heteroatoms. The van der Waals surface area contributed by atoms with Gasteiger partial charge in [-0.05, 0) is 24.1 Å². The van der Waals surface area contributed by atoms with Crippen LogP contribution in [0, 0.1) is 11.6 Å². The van der Waals surface area contributed by atoms with E-state index in [2.05, 4.69) is 5.32 Å². The average molecular weight is 300 g/mol. The van der Waals surface area contributed by atoms with Crippen molar-refractivity contribution >= 4 is 17.8 Å². The summed E-state index contributed by atoms with van der Waals surface area (Å²) < 4.78 is 25.9. The third kappa shape index (κ3) is 5.98. The lowest BCUT2D eigenvalue weighted by Gasteiger charge is -2.14. The molecule has 0 saturated heterocycles. The zero-order valence-electron chi connectivity index (χ0n) is 10.9. The number of amides is 2. The van der Waals surface area contributed by atoms with E-state index in [1.165, 1.54) is 0 Å². The van der Waals surface area contributed by atoms with E-state index in [4.69, 9.17) is 10.8 Å². The highest BCUT2D eigenvalue weighted by molar-refractivity contribution is 5.87. The van der Waals surface area contributed by atoms with E-state index in [1.807, 2.05) is 0 Å². The minimum absolute atomic E-state index is 0.0893. The maximum Gasteiger partial charge on any atom is 0.303 e. The number of primary amides is 1. The van der Waals surface area contributed by atoms with Gasteiger partial charge in [-0.15, -0.1) is 0 Å². The van der Waals surface area contributed by atoms with E-state index >= 15 is 0 Å². The molecule has 0 unspecified atom stereocenters. The summed E-state index contributed by atoms with van der Waals surface area (Å²) in [6.07, 6.45) is -0.859. The summed E-state index contributed by atoms with van der Waals surface area (Å²) in [7, 11) is 0. The molecule has 0 aromatic heterocycles. The maximum atomic E-state index is 13.0. The molecule has 1 atom stereocenters. The Bertz CT molecular complexity index is 543. The van der Waals surface area contributed by atoms with Gasteiger partial charge in [-0.1, -0.05) is 0 Å². The average Bonchev–Trinajstić information content (AvgIpc) is 2.32. The van der Waals surface area contributed by atoms with Crippen molar-refractivity contribution in [3.8, 4) is 0 Å². The maximum absolute atomic E-state index is 13.0. The number of aliphatic carboxylic acids is 1. The number of nitrogens with two attached hydrogens (primary N) is 1. The second-order valence-corrected chi connectivity index (χ2v) is 4.41. The van der Waals surface area contributed by atoms with Gasteiger partial charge < -0.3 is 16.2 Å². The van der Waals surface area contributed by atoms with Crippen molar-refractivity contribution in [3.05, 3.63) is 35.4 Å². The summed E-state index contributed by atoms with van der Waals surface area (Å²) in [5.74, 6) is -4.35. The standard InChI is InChI=1S/C13H14F2N2O4/c14-8-3-7(4-9(15)6-8)5-11(18)17-10(13(16)21)1-2-12(19)20/h3-4,6,10H,1-2,5H2,(H2,16,21)(H,17,18)(H,19,20)/t10-/m1/s1. The first-order valence-corrected chi connectivity index (χ1v) is 6.03. The monoisotopic (exact) mass is 300 g/mol. The number of carboxylic acid groups (broad SMARTS) is 1. The third-order valence-corrected chi connectivity index (χ3v) is 2.61. The predicted octanol–water partition coefficient (Wildman–Crippen LogP) is 0.342. The molecule has 0 spiro atoms. The number of carbonyl (C=O) groups is 3. The Balaban J connectivity index is 2.65. The highest BCUT2D eigenvalue weighted by Crippen LogP contribution is 2.09. The minimum Gasteiger partial charge on any atom is -0.481 e. The molecule has 0 heterocycles. The van der Waals surface area contributed by atoms with Crippen molar-refractivity contribution in [3.63, 3.8) is 0 Å². The lowest BCUT2D eigenvalue weighted by Crippen LogP contribution is -2.45. The number of halogens is 2. The van der Waals surface area contributed by atoms with Crippen LogP contribution >= 0.6 is 0 Å². The van der Waals surface area contributed by atoms with Crippen molar-refractivity contribution in [2.24, 2.45) is 5.73 Å². The molecule has 2 amide bonds. The van der Waals surface area contributed by atoms with E-state index in [-0.39, 0.29) is 24.8 Å². The Hall–Kier alpha value is -2.51. The summed E-state index contributed by atoms with van der Waals surface area (Å²) in [4.78, 5) is 33.2. The fraction of sp³-hybridized carbons (Fsp3) is 0.308. The number of rotatable bonds is 7.